The molecule has 1 aromatic carbocycles. The minimum atomic E-state index is -3.67. The van der Waals surface area contributed by atoms with Crippen molar-refractivity contribution in [3.05, 3.63) is 35.9 Å². The molecule has 0 aromatic heterocycles. The Kier molecular flexibility index (Phi) is 6.95. The minimum absolute atomic E-state index is 0.187. The Morgan fingerprint density at radius 3 is 2.20 bits per heavy atom. The molecule has 25 heavy (non-hydrogen) atoms. The summed E-state index contributed by atoms with van der Waals surface area (Å²) in [5.74, 6) is -0.187. The van der Waals surface area contributed by atoms with E-state index in [1.165, 1.54) is 5.56 Å². The second-order valence-electron chi connectivity index (χ2n) is 6.70. The third-order valence-electron chi connectivity index (χ3n) is 4.03. The number of carbonyl (C=O) groups is 1. The minimum Gasteiger partial charge on any atom is -0.339 e. The summed E-state index contributed by atoms with van der Waals surface area (Å²) < 4.78 is 28.6. The van der Waals surface area contributed by atoms with Gasteiger partial charge < -0.3 is 4.90 Å². The van der Waals surface area contributed by atoms with Gasteiger partial charge >= 0.3 is 0 Å². The van der Waals surface area contributed by atoms with Gasteiger partial charge in [-0.2, -0.15) is 17.9 Å². The lowest BCUT2D eigenvalue weighted by atomic mass is 10.2. The maximum absolute atomic E-state index is 12.5. The van der Waals surface area contributed by atoms with Crippen molar-refractivity contribution in [2.24, 2.45) is 0 Å². The molecule has 1 unspecified atom stereocenters. The monoisotopic (exact) mass is 368 g/mol. The molecule has 1 aliphatic rings. The molecule has 0 bridgehead atoms. The lowest BCUT2D eigenvalue weighted by molar-refractivity contribution is -0.134. The lowest BCUT2D eigenvalue weighted by Gasteiger charge is -2.36. The van der Waals surface area contributed by atoms with E-state index in [1.807, 2.05) is 18.2 Å². The van der Waals surface area contributed by atoms with Crippen LogP contribution in [0, 0.1) is 0 Å². The van der Waals surface area contributed by atoms with E-state index in [0.717, 1.165) is 19.6 Å². The van der Waals surface area contributed by atoms with Gasteiger partial charge in [-0.3, -0.25) is 9.69 Å². The van der Waals surface area contributed by atoms with E-state index in [1.54, 1.807) is 25.7 Å². The van der Waals surface area contributed by atoms with Crippen LogP contribution < -0.4 is 9.44 Å². The van der Waals surface area contributed by atoms with Crippen LogP contribution in [0.3, 0.4) is 0 Å². The highest BCUT2D eigenvalue weighted by Gasteiger charge is 2.27. The molecule has 0 spiro atoms. The summed E-state index contributed by atoms with van der Waals surface area (Å²) in [6.45, 7) is 8.69. The van der Waals surface area contributed by atoms with E-state index in [4.69, 9.17) is 0 Å². The highest BCUT2D eigenvalue weighted by atomic mass is 32.2. The highest BCUT2D eigenvalue weighted by Crippen LogP contribution is 2.09. The molecule has 1 saturated heterocycles. The zero-order valence-corrected chi connectivity index (χ0v) is 15.9. The van der Waals surface area contributed by atoms with Crippen molar-refractivity contribution in [1.29, 1.82) is 0 Å². The predicted octanol–water partition coefficient (Wildman–Crippen LogP) is 0.552. The molecule has 0 aliphatic carbocycles. The SMILES string of the molecule is CC(C)NS(=O)(=O)NC(C)C(=O)N1CCN(Cc2ccccc2)CC1. The molecule has 0 radical (unpaired) electrons. The molecule has 8 heteroatoms. The predicted molar refractivity (Wildman–Crippen MR) is 98.1 cm³/mol. The molecule has 1 aromatic rings. The van der Waals surface area contributed by atoms with Crippen molar-refractivity contribution in [1.82, 2.24) is 19.2 Å². The van der Waals surface area contributed by atoms with Gasteiger partial charge in [-0.15, -0.1) is 0 Å². The van der Waals surface area contributed by atoms with Crippen LogP contribution in [0.4, 0.5) is 0 Å². The maximum Gasteiger partial charge on any atom is 0.277 e. The topological polar surface area (TPSA) is 81.8 Å². The smallest absolute Gasteiger partial charge is 0.277 e. The van der Waals surface area contributed by atoms with Gasteiger partial charge in [0.15, 0.2) is 0 Å². The fourth-order valence-electron chi connectivity index (χ4n) is 2.87. The summed E-state index contributed by atoms with van der Waals surface area (Å²) in [6.07, 6.45) is 0. The van der Waals surface area contributed by atoms with Crippen molar-refractivity contribution in [2.75, 3.05) is 26.2 Å². The number of piperazine rings is 1. The van der Waals surface area contributed by atoms with Gasteiger partial charge in [-0.1, -0.05) is 30.3 Å². The number of amides is 1. The zero-order valence-electron chi connectivity index (χ0n) is 15.1. The molecule has 0 saturated carbocycles. The quantitative estimate of drug-likeness (QED) is 0.737. The lowest BCUT2D eigenvalue weighted by Crippen LogP contribution is -2.55. The first-order chi connectivity index (χ1) is 11.8. The van der Waals surface area contributed by atoms with E-state index in [-0.39, 0.29) is 11.9 Å². The number of benzene rings is 1. The average molecular weight is 369 g/mol. The highest BCUT2D eigenvalue weighted by molar-refractivity contribution is 7.87. The van der Waals surface area contributed by atoms with Crippen LogP contribution in [-0.2, 0) is 21.5 Å². The first-order valence-electron chi connectivity index (χ1n) is 8.61. The summed E-state index contributed by atoms with van der Waals surface area (Å²) in [5, 5.41) is 0. The van der Waals surface area contributed by atoms with Gasteiger partial charge in [0.25, 0.3) is 10.2 Å². The van der Waals surface area contributed by atoms with Gasteiger partial charge in [-0.25, -0.2) is 0 Å². The molecule has 1 amide bonds. The van der Waals surface area contributed by atoms with E-state index >= 15 is 0 Å². The molecular weight excluding hydrogens is 340 g/mol. The van der Waals surface area contributed by atoms with Crippen LogP contribution in [0.15, 0.2) is 30.3 Å². The van der Waals surface area contributed by atoms with Gasteiger partial charge in [-0.05, 0) is 26.3 Å². The van der Waals surface area contributed by atoms with Crippen molar-refractivity contribution in [2.45, 2.75) is 39.4 Å². The van der Waals surface area contributed by atoms with E-state index in [9.17, 15) is 13.2 Å². The Morgan fingerprint density at radius 2 is 1.64 bits per heavy atom. The molecule has 1 heterocycles. The Bertz CT molecular complexity index is 656. The Hall–Kier alpha value is -1.48. The molecule has 140 valence electrons. The number of nitrogens with zero attached hydrogens (tertiary/aromatic N) is 2. The summed E-state index contributed by atoms with van der Waals surface area (Å²) in [6, 6.07) is 9.23. The summed E-state index contributed by atoms with van der Waals surface area (Å²) >= 11 is 0. The van der Waals surface area contributed by atoms with Gasteiger partial charge in [0, 0.05) is 38.8 Å². The first-order valence-corrected chi connectivity index (χ1v) is 10.1. The van der Waals surface area contributed by atoms with E-state index < -0.39 is 16.3 Å². The fraction of sp³-hybridized carbons (Fsp3) is 0.588. The van der Waals surface area contributed by atoms with Crippen molar-refractivity contribution >= 4 is 16.1 Å². The Labute approximate surface area is 150 Å². The normalized spacial score (nSPS) is 17.7. The van der Waals surface area contributed by atoms with Crippen LogP contribution in [0.25, 0.3) is 0 Å². The first kappa shape index (κ1) is 19.8. The Morgan fingerprint density at radius 1 is 1.04 bits per heavy atom. The van der Waals surface area contributed by atoms with Crippen LogP contribution in [-0.4, -0.2) is 62.4 Å². The molecule has 1 aliphatic heterocycles. The largest absolute Gasteiger partial charge is 0.339 e. The number of carbonyl (C=O) groups excluding carboxylic acids is 1. The maximum atomic E-state index is 12.5. The van der Waals surface area contributed by atoms with Crippen LogP contribution in [0.1, 0.15) is 26.3 Å². The van der Waals surface area contributed by atoms with Crippen molar-refractivity contribution in [3.63, 3.8) is 0 Å². The number of hydrogen-bond acceptors (Lipinski definition) is 4. The van der Waals surface area contributed by atoms with Crippen LogP contribution in [0.5, 0.6) is 0 Å². The number of nitrogens with one attached hydrogen (secondary N) is 2. The van der Waals surface area contributed by atoms with Crippen LogP contribution >= 0.6 is 0 Å². The van der Waals surface area contributed by atoms with Gasteiger partial charge in [0.05, 0.1) is 6.04 Å². The van der Waals surface area contributed by atoms with Gasteiger partial charge in [0.1, 0.15) is 0 Å². The summed E-state index contributed by atoms with van der Waals surface area (Å²) in [5.41, 5.74) is 1.25. The van der Waals surface area contributed by atoms with Crippen molar-refractivity contribution < 1.29 is 13.2 Å². The molecule has 1 atom stereocenters. The number of hydrogen-bond donors (Lipinski definition) is 2. The molecule has 7 nitrogen and oxygen atoms in total. The zero-order chi connectivity index (χ0) is 18.4. The number of rotatable bonds is 7. The van der Waals surface area contributed by atoms with Crippen molar-refractivity contribution in [3.8, 4) is 0 Å². The standard InChI is InChI=1S/C17H28N4O3S/c1-14(2)18-25(23,24)19-15(3)17(22)21-11-9-20(10-12-21)13-16-7-5-4-6-8-16/h4-8,14-15,18-19H,9-13H2,1-3H3. The second-order valence-corrected chi connectivity index (χ2v) is 8.18. The summed E-state index contributed by atoms with van der Waals surface area (Å²) in [7, 11) is -3.67. The summed E-state index contributed by atoms with van der Waals surface area (Å²) in [4.78, 5) is 16.5. The molecule has 2 rings (SSSR count). The fourth-order valence-corrected chi connectivity index (χ4v) is 4.12. The van der Waals surface area contributed by atoms with E-state index in [2.05, 4.69) is 26.5 Å². The molecule has 2 N–H and O–H groups in total. The third-order valence-corrected chi connectivity index (χ3v) is 5.47. The Balaban J connectivity index is 1.82. The molecular formula is C17H28N4O3S. The molecule has 1 fully saturated rings. The van der Waals surface area contributed by atoms with Gasteiger partial charge in [0.2, 0.25) is 5.91 Å². The van der Waals surface area contributed by atoms with Crippen LogP contribution in [0.2, 0.25) is 0 Å². The average Bonchev–Trinajstić information content (AvgIpc) is 2.54. The van der Waals surface area contributed by atoms with E-state index in [0.29, 0.717) is 13.1 Å². The second kappa shape index (κ2) is 8.75. The third kappa shape index (κ3) is 6.39.